The van der Waals surface area contributed by atoms with Crippen molar-refractivity contribution in [2.45, 2.75) is 39.5 Å². The van der Waals surface area contributed by atoms with E-state index in [1.807, 2.05) is 44.2 Å². The number of hydrogen-bond donors (Lipinski definition) is 1. The van der Waals surface area contributed by atoms with Gasteiger partial charge in [0, 0.05) is 25.1 Å². The van der Waals surface area contributed by atoms with E-state index in [1.54, 1.807) is 0 Å². The second-order valence-corrected chi connectivity index (χ2v) is 5.07. The maximum Gasteiger partial charge on any atom is 0.411 e. The van der Waals surface area contributed by atoms with Crippen LogP contribution in [0.2, 0.25) is 0 Å². The molecule has 1 fully saturated rings. The van der Waals surface area contributed by atoms with Gasteiger partial charge in [0.05, 0.1) is 6.61 Å². The summed E-state index contributed by atoms with van der Waals surface area (Å²) in [5.41, 5.74) is 0.753. The Morgan fingerprint density at radius 3 is 2.22 bits per heavy atom. The average Bonchev–Trinajstić information content (AvgIpc) is 2.87. The molecule has 1 aromatic rings. The number of nitrogens with one attached hydrogen (secondary N) is 1. The first-order valence-corrected chi connectivity index (χ1v) is 7.90. The molecule has 0 aliphatic carbocycles. The Balaban J connectivity index is 0.000000238. The predicted molar refractivity (Wildman–Crippen MR) is 87.9 cm³/mol. The Morgan fingerprint density at radius 2 is 1.70 bits per heavy atom. The number of anilines is 1. The van der Waals surface area contributed by atoms with Crippen LogP contribution in [0.15, 0.2) is 30.3 Å². The van der Waals surface area contributed by atoms with Crippen LogP contribution in [-0.4, -0.2) is 36.0 Å². The molecule has 126 valence electrons. The molecule has 1 saturated heterocycles. The standard InChI is InChI=1S/C10H13NO2.C7H11NO2/c1-2-8-13-10(12)11-9-6-4-3-5-7-9;1-2-5-8-6(9)3-4-7(8)10/h3-7H,2,8H2,1H3,(H,11,12);2-5H2,1H3. The van der Waals surface area contributed by atoms with Crippen molar-refractivity contribution in [1.29, 1.82) is 0 Å². The fourth-order valence-corrected chi connectivity index (χ4v) is 1.97. The third-order valence-corrected chi connectivity index (χ3v) is 3.06. The number of amides is 3. The molecule has 2 rings (SSSR count). The number of imide groups is 1. The number of likely N-dealkylation sites (tertiary alicyclic amines) is 1. The Labute approximate surface area is 136 Å². The zero-order valence-corrected chi connectivity index (χ0v) is 13.7. The summed E-state index contributed by atoms with van der Waals surface area (Å²) in [6, 6.07) is 9.23. The number of rotatable bonds is 5. The van der Waals surface area contributed by atoms with E-state index >= 15 is 0 Å². The van der Waals surface area contributed by atoms with Gasteiger partial charge < -0.3 is 4.74 Å². The van der Waals surface area contributed by atoms with Gasteiger partial charge in [0.15, 0.2) is 0 Å². The molecular weight excluding hydrogens is 296 g/mol. The summed E-state index contributed by atoms with van der Waals surface area (Å²) >= 11 is 0. The highest BCUT2D eigenvalue weighted by Gasteiger charge is 2.27. The molecule has 0 aromatic heterocycles. The molecule has 3 amide bonds. The summed E-state index contributed by atoms with van der Waals surface area (Å²) in [4.78, 5) is 34.1. The van der Waals surface area contributed by atoms with Crippen molar-refractivity contribution < 1.29 is 19.1 Å². The van der Waals surface area contributed by atoms with Gasteiger partial charge in [-0.2, -0.15) is 0 Å². The zero-order chi connectivity index (χ0) is 17.1. The third-order valence-electron chi connectivity index (χ3n) is 3.06. The van der Waals surface area contributed by atoms with Crippen LogP contribution in [0.25, 0.3) is 0 Å². The maximum atomic E-state index is 11.0. The van der Waals surface area contributed by atoms with Crippen molar-refractivity contribution in [2.24, 2.45) is 0 Å². The highest BCUT2D eigenvalue weighted by molar-refractivity contribution is 6.01. The lowest BCUT2D eigenvalue weighted by atomic mass is 10.3. The molecule has 0 bridgehead atoms. The van der Waals surface area contributed by atoms with Crippen molar-refractivity contribution in [3.05, 3.63) is 30.3 Å². The maximum absolute atomic E-state index is 11.0. The molecular formula is C17H24N2O4. The van der Waals surface area contributed by atoms with Gasteiger partial charge in [0.25, 0.3) is 0 Å². The molecule has 1 aliphatic rings. The first kappa shape index (κ1) is 18.7. The molecule has 6 heteroatoms. The van der Waals surface area contributed by atoms with Crippen molar-refractivity contribution >= 4 is 23.6 Å². The summed E-state index contributed by atoms with van der Waals surface area (Å²) in [6.45, 7) is 4.96. The van der Waals surface area contributed by atoms with E-state index in [0.717, 1.165) is 18.5 Å². The number of para-hydroxylation sites is 1. The largest absolute Gasteiger partial charge is 0.449 e. The summed E-state index contributed by atoms with van der Waals surface area (Å²) in [5, 5.41) is 2.62. The Bertz CT molecular complexity index is 501. The molecule has 0 unspecified atom stereocenters. The average molecular weight is 320 g/mol. The van der Waals surface area contributed by atoms with Gasteiger partial charge in [0.1, 0.15) is 0 Å². The Morgan fingerprint density at radius 1 is 1.09 bits per heavy atom. The molecule has 1 heterocycles. The first-order chi connectivity index (χ1) is 11.1. The zero-order valence-electron chi connectivity index (χ0n) is 13.7. The molecule has 0 radical (unpaired) electrons. The second kappa shape index (κ2) is 10.4. The number of nitrogens with zero attached hydrogens (tertiary/aromatic N) is 1. The van der Waals surface area contributed by atoms with E-state index in [0.29, 0.717) is 26.0 Å². The molecule has 1 aromatic carbocycles. The van der Waals surface area contributed by atoms with E-state index < -0.39 is 6.09 Å². The van der Waals surface area contributed by atoms with Crippen LogP contribution in [0.3, 0.4) is 0 Å². The van der Waals surface area contributed by atoms with Crippen LogP contribution in [0.4, 0.5) is 10.5 Å². The van der Waals surface area contributed by atoms with Gasteiger partial charge in [-0.05, 0) is 25.0 Å². The number of benzene rings is 1. The van der Waals surface area contributed by atoms with Gasteiger partial charge in [-0.15, -0.1) is 0 Å². The highest BCUT2D eigenvalue weighted by Crippen LogP contribution is 2.11. The normalized spacial score (nSPS) is 13.4. The van der Waals surface area contributed by atoms with Gasteiger partial charge in [-0.1, -0.05) is 32.0 Å². The molecule has 0 saturated carbocycles. The molecule has 1 aliphatic heterocycles. The van der Waals surface area contributed by atoms with Crippen LogP contribution >= 0.6 is 0 Å². The lowest BCUT2D eigenvalue weighted by molar-refractivity contribution is -0.138. The van der Waals surface area contributed by atoms with Crippen LogP contribution < -0.4 is 5.32 Å². The van der Waals surface area contributed by atoms with Gasteiger partial charge in [-0.25, -0.2) is 4.79 Å². The second-order valence-electron chi connectivity index (χ2n) is 5.07. The Hall–Kier alpha value is -2.37. The van der Waals surface area contributed by atoms with E-state index in [2.05, 4.69) is 5.32 Å². The minimum absolute atomic E-state index is 0.00755. The number of carbonyl (C=O) groups is 3. The first-order valence-electron chi connectivity index (χ1n) is 7.90. The summed E-state index contributed by atoms with van der Waals surface area (Å²) < 4.78 is 4.85. The van der Waals surface area contributed by atoms with Crippen molar-refractivity contribution in [1.82, 2.24) is 4.90 Å². The topological polar surface area (TPSA) is 75.7 Å². The molecule has 0 atom stereocenters. The van der Waals surface area contributed by atoms with Gasteiger partial charge >= 0.3 is 6.09 Å². The monoisotopic (exact) mass is 320 g/mol. The van der Waals surface area contributed by atoms with Crippen LogP contribution in [0, 0.1) is 0 Å². The fraction of sp³-hybridized carbons (Fsp3) is 0.471. The summed E-state index contributed by atoms with van der Waals surface area (Å²) in [7, 11) is 0. The van der Waals surface area contributed by atoms with Gasteiger partial charge in [0.2, 0.25) is 11.8 Å². The third kappa shape index (κ3) is 6.95. The number of hydrogen-bond acceptors (Lipinski definition) is 4. The predicted octanol–water partition coefficient (Wildman–Crippen LogP) is 3.19. The van der Waals surface area contributed by atoms with E-state index in [1.165, 1.54) is 4.90 Å². The minimum Gasteiger partial charge on any atom is -0.449 e. The molecule has 1 N–H and O–H groups in total. The van der Waals surface area contributed by atoms with Gasteiger partial charge in [-0.3, -0.25) is 19.8 Å². The molecule has 0 spiro atoms. The smallest absolute Gasteiger partial charge is 0.411 e. The highest BCUT2D eigenvalue weighted by atomic mass is 16.5. The van der Waals surface area contributed by atoms with E-state index in [4.69, 9.17) is 4.74 Å². The van der Waals surface area contributed by atoms with Crippen molar-refractivity contribution in [3.8, 4) is 0 Å². The lowest BCUT2D eigenvalue weighted by Crippen LogP contribution is -2.29. The number of ether oxygens (including phenoxy) is 1. The van der Waals surface area contributed by atoms with E-state index in [-0.39, 0.29) is 11.8 Å². The summed E-state index contributed by atoms with van der Waals surface area (Å²) in [6.07, 6.45) is 2.13. The molecule has 23 heavy (non-hydrogen) atoms. The van der Waals surface area contributed by atoms with Crippen LogP contribution in [0.1, 0.15) is 39.5 Å². The fourth-order valence-electron chi connectivity index (χ4n) is 1.97. The minimum atomic E-state index is -0.395. The van der Waals surface area contributed by atoms with Crippen LogP contribution in [-0.2, 0) is 14.3 Å². The van der Waals surface area contributed by atoms with Crippen molar-refractivity contribution in [3.63, 3.8) is 0 Å². The Kier molecular flexibility index (Phi) is 8.42. The molecule has 6 nitrogen and oxygen atoms in total. The summed E-state index contributed by atoms with van der Waals surface area (Å²) in [5.74, 6) is -0.0151. The quantitative estimate of drug-likeness (QED) is 0.845. The lowest BCUT2D eigenvalue weighted by Gasteiger charge is -2.10. The SMILES string of the molecule is CCCN1C(=O)CCC1=O.CCCOC(=O)Nc1ccccc1. The number of carbonyl (C=O) groups excluding carboxylic acids is 3. The van der Waals surface area contributed by atoms with E-state index in [9.17, 15) is 14.4 Å². The van der Waals surface area contributed by atoms with Crippen molar-refractivity contribution in [2.75, 3.05) is 18.5 Å². The van der Waals surface area contributed by atoms with Crippen LogP contribution in [0.5, 0.6) is 0 Å².